The summed E-state index contributed by atoms with van der Waals surface area (Å²) in [7, 11) is 2.87. The maximum absolute atomic E-state index is 12.0. The van der Waals surface area contributed by atoms with Gasteiger partial charge in [0.05, 0.1) is 5.52 Å². The summed E-state index contributed by atoms with van der Waals surface area (Å²) in [5.74, 6) is -0.206. The van der Waals surface area contributed by atoms with Gasteiger partial charge in [-0.1, -0.05) is 18.2 Å². The summed E-state index contributed by atoms with van der Waals surface area (Å²) in [6, 6.07) is 9.15. The van der Waals surface area contributed by atoms with Crippen LogP contribution in [0, 0.1) is 0 Å². The quantitative estimate of drug-likeness (QED) is 0.596. The van der Waals surface area contributed by atoms with Crippen LogP contribution >= 0.6 is 0 Å². The molecule has 4 heteroatoms. The Morgan fingerprint density at radius 1 is 1.24 bits per heavy atom. The molecule has 1 aromatic heterocycles. The van der Waals surface area contributed by atoms with Crippen molar-refractivity contribution in [1.82, 2.24) is 4.98 Å². The zero-order valence-corrected chi connectivity index (χ0v) is 9.71. The number of aromatic nitrogens is 1. The SMILES string of the molecule is COC(OC)C(=O)c1ccc2cccnc2c1. The van der Waals surface area contributed by atoms with Crippen LogP contribution in [0.3, 0.4) is 0 Å². The number of rotatable bonds is 4. The van der Waals surface area contributed by atoms with Gasteiger partial charge >= 0.3 is 0 Å². The summed E-state index contributed by atoms with van der Waals surface area (Å²) >= 11 is 0. The smallest absolute Gasteiger partial charge is 0.222 e. The number of nitrogens with zero attached hydrogens (tertiary/aromatic N) is 1. The highest BCUT2D eigenvalue weighted by Crippen LogP contribution is 2.15. The molecule has 0 saturated heterocycles. The fraction of sp³-hybridized carbons (Fsp3) is 0.231. The van der Waals surface area contributed by atoms with E-state index in [-0.39, 0.29) is 5.78 Å². The Kier molecular flexibility index (Phi) is 3.46. The van der Waals surface area contributed by atoms with E-state index in [1.54, 1.807) is 18.3 Å². The molecule has 0 aliphatic carbocycles. The molecule has 0 saturated carbocycles. The zero-order valence-electron chi connectivity index (χ0n) is 9.71. The molecular weight excluding hydrogens is 218 g/mol. The Morgan fingerprint density at radius 3 is 2.71 bits per heavy atom. The molecule has 0 radical (unpaired) electrons. The van der Waals surface area contributed by atoms with E-state index in [2.05, 4.69) is 4.98 Å². The maximum atomic E-state index is 12.0. The van der Waals surface area contributed by atoms with Crippen molar-refractivity contribution >= 4 is 16.7 Å². The van der Waals surface area contributed by atoms with Crippen LogP contribution in [0.1, 0.15) is 10.4 Å². The van der Waals surface area contributed by atoms with Gasteiger partial charge in [-0.05, 0) is 12.1 Å². The number of ether oxygens (including phenoxy) is 2. The number of hydrogen-bond acceptors (Lipinski definition) is 4. The number of carbonyl (C=O) groups is 1. The van der Waals surface area contributed by atoms with E-state index in [1.807, 2.05) is 18.2 Å². The second kappa shape index (κ2) is 5.03. The minimum absolute atomic E-state index is 0.206. The molecule has 0 fully saturated rings. The molecule has 1 heterocycles. The third-order valence-electron chi connectivity index (χ3n) is 2.53. The summed E-state index contributed by atoms with van der Waals surface area (Å²) in [4.78, 5) is 16.2. The summed E-state index contributed by atoms with van der Waals surface area (Å²) in [6.07, 6.45) is 0.830. The van der Waals surface area contributed by atoms with Crippen molar-refractivity contribution in [2.45, 2.75) is 6.29 Å². The van der Waals surface area contributed by atoms with Crippen LogP contribution in [0.4, 0.5) is 0 Å². The maximum Gasteiger partial charge on any atom is 0.222 e. The van der Waals surface area contributed by atoms with E-state index < -0.39 is 6.29 Å². The molecule has 0 spiro atoms. The minimum Gasteiger partial charge on any atom is -0.349 e. The molecule has 0 aliphatic heterocycles. The van der Waals surface area contributed by atoms with E-state index in [1.165, 1.54) is 14.2 Å². The Bertz CT molecular complexity index is 535. The Morgan fingerprint density at radius 2 is 2.00 bits per heavy atom. The van der Waals surface area contributed by atoms with Crippen LogP contribution in [0.2, 0.25) is 0 Å². The van der Waals surface area contributed by atoms with Crippen molar-refractivity contribution in [3.8, 4) is 0 Å². The van der Waals surface area contributed by atoms with Crippen LogP contribution < -0.4 is 0 Å². The number of methoxy groups -OCH3 is 2. The van der Waals surface area contributed by atoms with E-state index in [0.29, 0.717) is 5.56 Å². The number of Topliss-reactive ketones (excluding diaryl/α,β-unsaturated/α-hetero) is 1. The van der Waals surface area contributed by atoms with Crippen molar-refractivity contribution < 1.29 is 14.3 Å². The highest BCUT2D eigenvalue weighted by atomic mass is 16.7. The molecule has 0 aliphatic rings. The Balaban J connectivity index is 2.39. The van der Waals surface area contributed by atoms with Gasteiger partial charge in [-0.25, -0.2) is 0 Å². The topological polar surface area (TPSA) is 48.4 Å². The lowest BCUT2D eigenvalue weighted by Gasteiger charge is -2.12. The van der Waals surface area contributed by atoms with Gasteiger partial charge in [0, 0.05) is 31.4 Å². The minimum atomic E-state index is -0.865. The van der Waals surface area contributed by atoms with Crippen molar-refractivity contribution in [2.75, 3.05) is 14.2 Å². The lowest BCUT2D eigenvalue weighted by atomic mass is 10.1. The predicted octanol–water partition coefficient (Wildman–Crippen LogP) is 2.04. The largest absolute Gasteiger partial charge is 0.349 e. The summed E-state index contributed by atoms with van der Waals surface area (Å²) in [5, 5.41) is 0.996. The van der Waals surface area contributed by atoms with Gasteiger partial charge in [-0.3, -0.25) is 9.78 Å². The molecule has 0 atom stereocenters. The molecule has 88 valence electrons. The number of benzene rings is 1. The van der Waals surface area contributed by atoms with Gasteiger partial charge in [-0.2, -0.15) is 0 Å². The number of fused-ring (bicyclic) bond motifs is 1. The van der Waals surface area contributed by atoms with Crippen LogP contribution in [0.15, 0.2) is 36.5 Å². The van der Waals surface area contributed by atoms with Crippen LogP contribution in [-0.4, -0.2) is 31.3 Å². The van der Waals surface area contributed by atoms with Gasteiger partial charge in [0.1, 0.15) is 0 Å². The van der Waals surface area contributed by atoms with Crippen LogP contribution in [-0.2, 0) is 9.47 Å². The molecular formula is C13H13NO3. The molecule has 2 aromatic rings. The van der Waals surface area contributed by atoms with Crippen molar-refractivity contribution in [2.24, 2.45) is 0 Å². The van der Waals surface area contributed by atoms with Gasteiger partial charge in [0.25, 0.3) is 0 Å². The second-order valence-corrected chi connectivity index (χ2v) is 3.58. The first-order valence-electron chi connectivity index (χ1n) is 5.21. The van der Waals surface area contributed by atoms with Gasteiger partial charge in [0.2, 0.25) is 12.1 Å². The lowest BCUT2D eigenvalue weighted by molar-refractivity contribution is -0.0742. The molecule has 4 nitrogen and oxygen atoms in total. The number of pyridine rings is 1. The molecule has 2 rings (SSSR count). The molecule has 0 amide bonds. The van der Waals surface area contributed by atoms with Crippen LogP contribution in [0.5, 0.6) is 0 Å². The third kappa shape index (κ3) is 2.33. The van der Waals surface area contributed by atoms with E-state index in [9.17, 15) is 4.79 Å². The first-order chi connectivity index (χ1) is 8.26. The first kappa shape index (κ1) is 11.7. The number of ketones is 1. The fourth-order valence-electron chi connectivity index (χ4n) is 1.67. The first-order valence-corrected chi connectivity index (χ1v) is 5.21. The van der Waals surface area contributed by atoms with Crippen molar-refractivity contribution in [3.63, 3.8) is 0 Å². The third-order valence-corrected chi connectivity index (χ3v) is 2.53. The average molecular weight is 231 g/mol. The van der Waals surface area contributed by atoms with E-state index >= 15 is 0 Å². The summed E-state index contributed by atoms with van der Waals surface area (Å²) < 4.78 is 9.87. The molecule has 0 N–H and O–H groups in total. The van der Waals surface area contributed by atoms with E-state index in [0.717, 1.165) is 10.9 Å². The summed E-state index contributed by atoms with van der Waals surface area (Å²) in [6.45, 7) is 0. The van der Waals surface area contributed by atoms with Crippen LogP contribution in [0.25, 0.3) is 10.9 Å². The van der Waals surface area contributed by atoms with Crippen molar-refractivity contribution in [1.29, 1.82) is 0 Å². The number of carbonyl (C=O) groups excluding carboxylic acids is 1. The fourth-order valence-corrected chi connectivity index (χ4v) is 1.67. The van der Waals surface area contributed by atoms with Gasteiger partial charge in [0.15, 0.2) is 0 Å². The Labute approximate surface area is 99.2 Å². The Hall–Kier alpha value is -1.78. The van der Waals surface area contributed by atoms with E-state index in [4.69, 9.17) is 9.47 Å². The molecule has 17 heavy (non-hydrogen) atoms. The predicted molar refractivity (Wildman–Crippen MR) is 63.9 cm³/mol. The zero-order chi connectivity index (χ0) is 12.3. The summed E-state index contributed by atoms with van der Waals surface area (Å²) in [5.41, 5.74) is 1.31. The van der Waals surface area contributed by atoms with Gasteiger partial charge < -0.3 is 9.47 Å². The van der Waals surface area contributed by atoms with Crippen molar-refractivity contribution in [3.05, 3.63) is 42.1 Å². The van der Waals surface area contributed by atoms with Gasteiger partial charge in [-0.15, -0.1) is 0 Å². The molecule has 1 aromatic carbocycles. The highest BCUT2D eigenvalue weighted by Gasteiger charge is 2.18. The standard InChI is InChI=1S/C13H13NO3/c1-16-13(17-2)12(15)10-6-5-9-4-3-7-14-11(9)8-10/h3-8,13H,1-2H3. The number of hydrogen-bond donors (Lipinski definition) is 0. The lowest BCUT2D eigenvalue weighted by Crippen LogP contribution is -2.24. The average Bonchev–Trinajstić information content (AvgIpc) is 2.39. The molecule has 0 bridgehead atoms. The molecule has 0 unspecified atom stereocenters. The normalized spacial score (nSPS) is 11.0. The highest BCUT2D eigenvalue weighted by molar-refractivity contribution is 6.01. The monoisotopic (exact) mass is 231 g/mol. The second-order valence-electron chi connectivity index (χ2n) is 3.58.